The van der Waals surface area contributed by atoms with E-state index in [-0.39, 0.29) is 17.6 Å². The van der Waals surface area contributed by atoms with Crippen molar-refractivity contribution >= 4 is 5.78 Å². The molecule has 3 heteroatoms. The van der Waals surface area contributed by atoms with Crippen LogP contribution in [0.3, 0.4) is 0 Å². The van der Waals surface area contributed by atoms with Gasteiger partial charge in [0, 0.05) is 18.0 Å². The average molecular weight is 209 g/mol. The van der Waals surface area contributed by atoms with Crippen LogP contribution in [0.15, 0.2) is 24.3 Å². The summed E-state index contributed by atoms with van der Waals surface area (Å²) in [5.41, 5.74) is 6.29. The average Bonchev–Trinajstić information content (AvgIpc) is 2.18. The van der Waals surface area contributed by atoms with Gasteiger partial charge in [0.25, 0.3) is 0 Å². The van der Waals surface area contributed by atoms with Gasteiger partial charge in [-0.1, -0.05) is 13.3 Å². The van der Waals surface area contributed by atoms with Gasteiger partial charge in [0.1, 0.15) is 5.82 Å². The lowest BCUT2D eigenvalue weighted by molar-refractivity contribution is 0.0973. The van der Waals surface area contributed by atoms with Gasteiger partial charge in [0.05, 0.1) is 0 Å². The first kappa shape index (κ1) is 11.9. The van der Waals surface area contributed by atoms with Crippen LogP contribution in [0.1, 0.15) is 36.5 Å². The molecule has 0 aliphatic carbocycles. The summed E-state index contributed by atoms with van der Waals surface area (Å²) >= 11 is 0. The lowest BCUT2D eigenvalue weighted by Crippen LogP contribution is -2.23. The smallest absolute Gasteiger partial charge is 0.164 e. The Morgan fingerprint density at radius 1 is 1.40 bits per heavy atom. The van der Waals surface area contributed by atoms with Gasteiger partial charge >= 0.3 is 0 Å². The summed E-state index contributed by atoms with van der Waals surface area (Å²) in [7, 11) is 0. The van der Waals surface area contributed by atoms with E-state index in [4.69, 9.17) is 5.73 Å². The largest absolute Gasteiger partial charge is 0.327 e. The first-order valence-corrected chi connectivity index (χ1v) is 5.17. The summed E-state index contributed by atoms with van der Waals surface area (Å²) in [6.45, 7) is 2.03. The van der Waals surface area contributed by atoms with Crippen LogP contribution < -0.4 is 5.73 Å². The predicted octanol–water partition coefficient (Wildman–Crippen LogP) is 2.53. The molecule has 0 saturated heterocycles. The van der Waals surface area contributed by atoms with Crippen molar-refractivity contribution in [3.05, 3.63) is 35.6 Å². The molecule has 1 unspecified atom stereocenters. The number of hydrogen-bond acceptors (Lipinski definition) is 2. The van der Waals surface area contributed by atoms with E-state index >= 15 is 0 Å². The van der Waals surface area contributed by atoms with E-state index in [9.17, 15) is 9.18 Å². The van der Waals surface area contributed by atoms with Crippen LogP contribution in [-0.2, 0) is 0 Å². The standard InChI is InChI=1S/C12H16FNO/c1-2-3-11(14)8-12(15)9-4-6-10(13)7-5-9/h4-7,11H,2-3,8,14H2,1H3. The Morgan fingerprint density at radius 2 is 2.00 bits per heavy atom. The molecular weight excluding hydrogens is 193 g/mol. The first-order valence-electron chi connectivity index (χ1n) is 5.17. The summed E-state index contributed by atoms with van der Waals surface area (Å²) in [5, 5.41) is 0. The molecule has 1 atom stereocenters. The van der Waals surface area contributed by atoms with Crippen molar-refractivity contribution in [2.24, 2.45) is 5.73 Å². The molecule has 0 fully saturated rings. The highest BCUT2D eigenvalue weighted by Crippen LogP contribution is 2.08. The number of ketones is 1. The Hall–Kier alpha value is -1.22. The number of hydrogen-bond donors (Lipinski definition) is 1. The van der Waals surface area contributed by atoms with E-state index < -0.39 is 0 Å². The Kier molecular flexibility index (Phi) is 4.43. The van der Waals surface area contributed by atoms with Gasteiger partial charge in [-0.2, -0.15) is 0 Å². The van der Waals surface area contributed by atoms with E-state index in [1.807, 2.05) is 6.92 Å². The normalized spacial score (nSPS) is 12.5. The number of benzene rings is 1. The monoisotopic (exact) mass is 209 g/mol. The number of halogens is 1. The lowest BCUT2D eigenvalue weighted by Gasteiger charge is -2.08. The molecule has 1 rings (SSSR count). The summed E-state index contributed by atoms with van der Waals surface area (Å²) in [4.78, 5) is 11.6. The highest BCUT2D eigenvalue weighted by molar-refractivity contribution is 5.96. The Bertz CT molecular complexity index is 321. The van der Waals surface area contributed by atoms with Crippen LogP contribution in [0.5, 0.6) is 0 Å². The maximum atomic E-state index is 12.6. The topological polar surface area (TPSA) is 43.1 Å². The fourth-order valence-electron chi connectivity index (χ4n) is 1.46. The molecule has 0 aromatic heterocycles. The summed E-state index contributed by atoms with van der Waals surface area (Å²) in [6, 6.07) is 5.48. The van der Waals surface area contributed by atoms with E-state index in [2.05, 4.69) is 0 Å². The maximum absolute atomic E-state index is 12.6. The third-order valence-corrected chi connectivity index (χ3v) is 2.27. The predicted molar refractivity (Wildman–Crippen MR) is 58.2 cm³/mol. The van der Waals surface area contributed by atoms with Crippen LogP contribution in [0, 0.1) is 5.82 Å². The van der Waals surface area contributed by atoms with Crippen molar-refractivity contribution in [2.75, 3.05) is 0 Å². The van der Waals surface area contributed by atoms with Gasteiger partial charge in [-0.25, -0.2) is 4.39 Å². The van der Waals surface area contributed by atoms with Crippen LogP contribution in [-0.4, -0.2) is 11.8 Å². The summed E-state index contributed by atoms with van der Waals surface area (Å²) in [6.07, 6.45) is 2.14. The molecule has 0 heterocycles. The van der Waals surface area contributed by atoms with E-state index in [1.165, 1.54) is 24.3 Å². The molecule has 2 N–H and O–H groups in total. The van der Waals surface area contributed by atoms with Crippen molar-refractivity contribution in [1.82, 2.24) is 0 Å². The molecule has 15 heavy (non-hydrogen) atoms. The van der Waals surface area contributed by atoms with Crippen molar-refractivity contribution in [1.29, 1.82) is 0 Å². The molecule has 0 spiro atoms. The highest BCUT2D eigenvalue weighted by atomic mass is 19.1. The summed E-state index contributed by atoms with van der Waals surface area (Å²) in [5.74, 6) is -0.347. The van der Waals surface area contributed by atoms with Gasteiger partial charge in [-0.15, -0.1) is 0 Å². The second-order valence-electron chi connectivity index (χ2n) is 3.68. The van der Waals surface area contributed by atoms with Gasteiger partial charge < -0.3 is 5.73 Å². The van der Waals surface area contributed by atoms with Gasteiger partial charge in [0.2, 0.25) is 0 Å². The number of carbonyl (C=O) groups is 1. The lowest BCUT2D eigenvalue weighted by atomic mass is 10.0. The van der Waals surface area contributed by atoms with Crippen LogP contribution in [0.4, 0.5) is 4.39 Å². The molecule has 0 saturated carbocycles. The fraction of sp³-hybridized carbons (Fsp3) is 0.417. The van der Waals surface area contributed by atoms with Gasteiger partial charge in [0.15, 0.2) is 5.78 Å². The summed E-state index contributed by atoms with van der Waals surface area (Å²) < 4.78 is 12.6. The molecule has 0 aliphatic heterocycles. The second-order valence-corrected chi connectivity index (χ2v) is 3.68. The minimum absolute atomic E-state index is 0.0176. The van der Waals surface area contributed by atoms with E-state index in [1.54, 1.807) is 0 Å². The van der Waals surface area contributed by atoms with Crippen LogP contribution in [0.25, 0.3) is 0 Å². The number of nitrogens with two attached hydrogens (primary N) is 1. The zero-order valence-corrected chi connectivity index (χ0v) is 8.87. The number of Topliss-reactive ketones (excluding diaryl/α,β-unsaturated/α-hetero) is 1. The van der Waals surface area contributed by atoms with Gasteiger partial charge in [-0.3, -0.25) is 4.79 Å². The molecule has 0 radical (unpaired) electrons. The minimum atomic E-state index is -0.329. The van der Waals surface area contributed by atoms with Crippen molar-refractivity contribution < 1.29 is 9.18 Å². The Morgan fingerprint density at radius 3 is 2.53 bits per heavy atom. The third kappa shape index (κ3) is 3.80. The van der Waals surface area contributed by atoms with Crippen LogP contribution in [0.2, 0.25) is 0 Å². The van der Waals surface area contributed by atoms with Crippen molar-refractivity contribution in [2.45, 2.75) is 32.2 Å². The third-order valence-electron chi connectivity index (χ3n) is 2.27. The molecular formula is C12H16FNO. The quantitative estimate of drug-likeness (QED) is 0.757. The molecule has 0 amide bonds. The van der Waals surface area contributed by atoms with Crippen molar-refractivity contribution in [3.63, 3.8) is 0 Å². The number of rotatable bonds is 5. The first-order chi connectivity index (χ1) is 7.13. The molecule has 2 nitrogen and oxygen atoms in total. The van der Waals surface area contributed by atoms with E-state index in [0.29, 0.717) is 12.0 Å². The second kappa shape index (κ2) is 5.61. The van der Waals surface area contributed by atoms with Gasteiger partial charge in [-0.05, 0) is 30.7 Å². The molecule has 0 aliphatic rings. The zero-order valence-electron chi connectivity index (χ0n) is 8.87. The number of carbonyl (C=O) groups excluding carboxylic acids is 1. The van der Waals surface area contributed by atoms with Crippen LogP contribution >= 0.6 is 0 Å². The molecule has 82 valence electrons. The maximum Gasteiger partial charge on any atom is 0.164 e. The Labute approximate surface area is 89.3 Å². The zero-order chi connectivity index (χ0) is 11.3. The van der Waals surface area contributed by atoms with Crippen molar-refractivity contribution in [3.8, 4) is 0 Å². The molecule has 0 bridgehead atoms. The molecule has 1 aromatic carbocycles. The highest BCUT2D eigenvalue weighted by Gasteiger charge is 2.10. The fourth-order valence-corrected chi connectivity index (χ4v) is 1.46. The van der Waals surface area contributed by atoms with E-state index in [0.717, 1.165) is 12.8 Å². The minimum Gasteiger partial charge on any atom is -0.327 e. The SMILES string of the molecule is CCCC(N)CC(=O)c1ccc(F)cc1. The molecule has 1 aromatic rings. The Balaban J connectivity index is 2.57.